The van der Waals surface area contributed by atoms with E-state index in [1.807, 2.05) is 0 Å². The lowest BCUT2D eigenvalue weighted by Gasteiger charge is -2.30. The first-order valence-electron chi connectivity index (χ1n) is 9.01. The van der Waals surface area contributed by atoms with Gasteiger partial charge in [-0.3, -0.25) is 4.79 Å². The number of methoxy groups -OCH3 is 1. The predicted molar refractivity (Wildman–Crippen MR) is 97.0 cm³/mol. The van der Waals surface area contributed by atoms with Crippen molar-refractivity contribution < 1.29 is 22.3 Å². The maximum Gasteiger partial charge on any atom is 0.246 e. The fourth-order valence-corrected chi connectivity index (χ4v) is 4.72. The van der Waals surface area contributed by atoms with Gasteiger partial charge in [-0.1, -0.05) is 19.8 Å². The molecule has 1 fully saturated rings. The second-order valence-electron chi connectivity index (χ2n) is 6.47. The van der Waals surface area contributed by atoms with Gasteiger partial charge in [-0.15, -0.1) is 0 Å². The number of carbonyl (C=O) groups is 1. The van der Waals surface area contributed by atoms with Crippen LogP contribution >= 0.6 is 0 Å². The first-order valence-corrected chi connectivity index (χ1v) is 10.5. The molecule has 1 N–H and O–H groups in total. The van der Waals surface area contributed by atoms with Gasteiger partial charge < -0.3 is 10.1 Å². The number of sulfonamides is 1. The lowest BCUT2D eigenvalue weighted by molar-refractivity contribution is -0.126. The number of ether oxygens (including phenoxy) is 1. The molecule has 1 heterocycles. The predicted octanol–water partition coefficient (Wildman–Crippen LogP) is 2.54. The van der Waals surface area contributed by atoms with Gasteiger partial charge in [0.05, 0.1) is 7.11 Å². The largest absolute Gasteiger partial charge is 0.495 e. The molecule has 0 atom stereocenters. The molecule has 146 valence electrons. The van der Waals surface area contributed by atoms with E-state index >= 15 is 0 Å². The molecule has 1 aliphatic rings. The molecule has 1 aliphatic heterocycles. The zero-order valence-corrected chi connectivity index (χ0v) is 16.1. The van der Waals surface area contributed by atoms with Gasteiger partial charge in [0.1, 0.15) is 16.5 Å². The van der Waals surface area contributed by atoms with E-state index in [0.29, 0.717) is 19.4 Å². The van der Waals surface area contributed by atoms with Crippen LogP contribution in [0.2, 0.25) is 0 Å². The molecule has 1 saturated heterocycles. The van der Waals surface area contributed by atoms with Crippen molar-refractivity contribution in [2.45, 2.75) is 43.9 Å². The molecular weight excluding hydrogens is 359 g/mol. The molecule has 0 radical (unpaired) electrons. The third-order valence-electron chi connectivity index (χ3n) is 4.65. The number of carbonyl (C=O) groups excluding carboxylic acids is 1. The van der Waals surface area contributed by atoms with E-state index in [0.717, 1.165) is 31.4 Å². The summed E-state index contributed by atoms with van der Waals surface area (Å²) < 4.78 is 45.5. The topological polar surface area (TPSA) is 75.7 Å². The zero-order valence-electron chi connectivity index (χ0n) is 15.3. The summed E-state index contributed by atoms with van der Waals surface area (Å²) in [6.07, 6.45) is 4.03. The summed E-state index contributed by atoms with van der Waals surface area (Å²) in [5.74, 6) is -0.716. The Kier molecular flexibility index (Phi) is 7.40. The molecule has 2 rings (SSSR count). The fourth-order valence-electron chi connectivity index (χ4n) is 3.08. The molecular formula is C18H27FN2O4S. The number of amides is 1. The molecule has 8 heteroatoms. The van der Waals surface area contributed by atoms with Gasteiger partial charge in [-0.2, -0.15) is 4.31 Å². The van der Waals surface area contributed by atoms with Crippen molar-refractivity contribution in [3.8, 4) is 5.75 Å². The minimum absolute atomic E-state index is 0.0125. The number of nitrogens with one attached hydrogen (secondary N) is 1. The molecule has 1 aromatic rings. The van der Waals surface area contributed by atoms with Crippen molar-refractivity contribution in [3.63, 3.8) is 0 Å². The Labute approximate surface area is 154 Å². The standard InChI is InChI=1S/C18H27FN2O4S/c1-3-4-5-10-20-18(22)14-8-11-21(12-9-14)26(23,24)17-13-15(19)6-7-16(17)25-2/h6-7,13-14H,3-5,8-12H2,1-2H3,(H,20,22). The quantitative estimate of drug-likeness (QED) is 0.697. The first-order chi connectivity index (χ1) is 12.4. The summed E-state index contributed by atoms with van der Waals surface area (Å²) >= 11 is 0. The Hall–Kier alpha value is -1.67. The maximum absolute atomic E-state index is 13.5. The highest BCUT2D eigenvalue weighted by Gasteiger charge is 2.33. The summed E-state index contributed by atoms with van der Waals surface area (Å²) in [5.41, 5.74) is 0. The van der Waals surface area contributed by atoms with Gasteiger partial charge in [0.15, 0.2) is 0 Å². The second kappa shape index (κ2) is 9.32. The number of unbranched alkanes of at least 4 members (excludes halogenated alkanes) is 2. The van der Waals surface area contributed by atoms with Gasteiger partial charge in [-0.05, 0) is 37.5 Å². The lowest BCUT2D eigenvalue weighted by atomic mass is 9.97. The first kappa shape index (κ1) is 20.6. The monoisotopic (exact) mass is 386 g/mol. The number of nitrogens with zero attached hydrogens (tertiary/aromatic N) is 1. The van der Waals surface area contributed by atoms with Crippen LogP contribution in [0.15, 0.2) is 23.1 Å². The molecule has 6 nitrogen and oxygen atoms in total. The summed E-state index contributed by atoms with van der Waals surface area (Å²) in [6.45, 7) is 3.22. The summed E-state index contributed by atoms with van der Waals surface area (Å²) in [4.78, 5) is 12.0. The smallest absolute Gasteiger partial charge is 0.246 e. The third-order valence-corrected chi connectivity index (χ3v) is 6.57. The molecule has 0 spiro atoms. The van der Waals surface area contributed by atoms with Crippen molar-refractivity contribution >= 4 is 15.9 Å². The Bertz CT molecular complexity index is 716. The van der Waals surface area contributed by atoms with E-state index in [9.17, 15) is 17.6 Å². The lowest BCUT2D eigenvalue weighted by Crippen LogP contribution is -2.43. The highest BCUT2D eigenvalue weighted by molar-refractivity contribution is 7.89. The van der Waals surface area contributed by atoms with Crippen LogP contribution < -0.4 is 10.1 Å². The van der Waals surface area contributed by atoms with Crippen molar-refractivity contribution in [2.75, 3.05) is 26.7 Å². The molecule has 0 bridgehead atoms. The Morgan fingerprint density at radius 3 is 2.62 bits per heavy atom. The van der Waals surface area contributed by atoms with E-state index in [-0.39, 0.29) is 35.6 Å². The van der Waals surface area contributed by atoms with E-state index in [1.165, 1.54) is 17.5 Å². The van der Waals surface area contributed by atoms with E-state index in [4.69, 9.17) is 4.74 Å². The normalized spacial score (nSPS) is 16.4. The molecule has 1 aromatic carbocycles. The van der Waals surface area contributed by atoms with Gasteiger partial charge in [0.2, 0.25) is 15.9 Å². The number of hydrogen-bond acceptors (Lipinski definition) is 4. The minimum Gasteiger partial charge on any atom is -0.495 e. The van der Waals surface area contributed by atoms with Crippen LogP contribution in [0.1, 0.15) is 39.0 Å². The van der Waals surface area contributed by atoms with Crippen LogP contribution in [-0.2, 0) is 14.8 Å². The van der Waals surface area contributed by atoms with Gasteiger partial charge in [0.25, 0.3) is 0 Å². The Balaban J connectivity index is 1.98. The Morgan fingerprint density at radius 2 is 2.00 bits per heavy atom. The third kappa shape index (κ3) is 4.94. The zero-order chi connectivity index (χ0) is 19.2. The van der Waals surface area contributed by atoms with Crippen LogP contribution in [0.4, 0.5) is 4.39 Å². The van der Waals surface area contributed by atoms with Crippen molar-refractivity contribution in [1.82, 2.24) is 9.62 Å². The molecule has 0 aliphatic carbocycles. The van der Waals surface area contributed by atoms with Crippen LogP contribution in [0.5, 0.6) is 5.75 Å². The Morgan fingerprint density at radius 1 is 1.31 bits per heavy atom. The number of hydrogen-bond donors (Lipinski definition) is 1. The van der Waals surface area contributed by atoms with E-state index in [1.54, 1.807) is 0 Å². The van der Waals surface area contributed by atoms with E-state index < -0.39 is 15.8 Å². The average molecular weight is 386 g/mol. The fraction of sp³-hybridized carbons (Fsp3) is 0.611. The highest BCUT2D eigenvalue weighted by atomic mass is 32.2. The molecule has 1 amide bonds. The highest BCUT2D eigenvalue weighted by Crippen LogP contribution is 2.30. The maximum atomic E-state index is 13.5. The van der Waals surface area contributed by atoms with Gasteiger partial charge in [-0.25, -0.2) is 12.8 Å². The summed E-state index contributed by atoms with van der Waals surface area (Å²) in [6, 6.07) is 3.44. The van der Waals surface area contributed by atoms with Crippen LogP contribution in [0, 0.1) is 11.7 Å². The molecule has 0 unspecified atom stereocenters. The SMILES string of the molecule is CCCCCNC(=O)C1CCN(S(=O)(=O)c2cc(F)ccc2OC)CC1. The number of piperidine rings is 1. The minimum atomic E-state index is -3.86. The second-order valence-corrected chi connectivity index (χ2v) is 8.38. The van der Waals surface area contributed by atoms with E-state index in [2.05, 4.69) is 12.2 Å². The molecule has 0 aromatic heterocycles. The molecule has 0 saturated carbocycles. The summed E-state index contributed by atoms with van der Waals surface area (Å²) in [7, 11) is -2.52. The van der Waals surface area contributed by atoms with Crippen LogP contribution in [0.3, 0.4) is 0 Å². The van der Waals surface area contributed by atoms with Crippen LogP contribution in [0.25, 0.3) is 0 Å². The molecule has 26 heavy (non-hydrogen) atoms. The summed E-state index contributed by atoms with van der Waals surface area (Å²) in [5, 5.41) is 2.92. The van der Waals surface area contributed by atoms with Crippen LogP contribution in [-0.4, -0.2) is 45.4 Å². The van der Waals surface area contributed by atoms with Crippen molar-refractivity contribution in [2.24, 2.45) is 5.92 Å². The number of rotatable bonds is 8. The average Bonchev–Trinajstić information content (AvgIpc) is 2.65. The number of benzene rings is 1. The van der Waals surface area contributed by atoms with Crippen molar-refractivity contribution in [3.05, 3.63) is 24.0 Å². The van der Waals surface area contributed by atoms with Crippen molar-refractivity contribution in [1.29, 1.82) is 0 Å². The number of halogens is 1. The van der Waals surface area contributed by atoms with Gasteiger partial charge >= 0.3 is 0 Å². The van der Waals surface area contributed by atoms with Gasteiger partial charge in [0, 0.05) is 25.6 Å².